The average Bonchev–Trinajstić information content (AvgIpc) is 2.98. The molecule has 1 N–H and O–H groups in total. The number of amides is 1. The molecule has 1 aliphatic heterocycles. The number of aliphatic hydroxyl groups excluding tert-OH is 1. The summed E-state index contributed by atoms with van der Waals surface area (Å²) in [6.45, 7) is 1.17. The van der Waals surface area contributed by atoms with Crippen LogP contribution in [0.4, 0.5) is 0 Å². The number of ether oxygens (including phenoxy) is 1. The SMILES string of the molecule is COc1ccc(/C(O)=C2/C(=O)C(=O)N(CCCN(C)C)C2c2ccc(Cl)cc2)cc1. The Balaban J connectivity index is 2.06. The van der Waals surface area contributed by atoms with E-state index < -0.39 is 17.7 Å². The predicted molar refractivity (Wildman–Crippen MR) is 117 cm³/mol. The van der Waals surface area contributed by atoms with E-state index in [1.165, 1.54) is 4.90 Å². The molecule has 2 aromatic rings. The van der Waals surface area contributed by atoms with Crippen LogP contribution in [0.3, 0.4) is 0 Å². The molecule has 0 aliphatic carbocycles. The second kappa shape index (κ2) is 9.32. The molecule has 1 atom stereocenters. The number of methoxy groups -OCH3 is 1. The lowest BCUT2D eigenvalue weighted by Gasteiger charge is -2.26. The van der Waals surface area contributed by atoms with E-state index in [1.54, 1.807) is 55.6 Å². The van der Waals surface area contributed by atoms with Crippen molar-refractivity contribution in [2.45, 2.75) is 12.5 Å². The second-order valence-corrected chi connectivity index (χ2v) is 7.87. The molecule has 1 fully saturated rings. The molecule has 0 aromatic heterocycles. The number of carbonyl (C=O) groups excluding carboxylic acids is 2. The molecule has 30 heavy (non-hydrogen) atoms. The van der Waals surface area contributed by atoms with Crippen LogP contribution in [0.25, 0.3) is 5.76 Å². The minimum atomic E-state index is -0.687. The minimum absolute atomic E-state index is 0.0809. The van der Waals surface area contributed by atoms with Crippen LogP contribution in [0.2, 0.25) is 5.02 Å². The van der Waals surface area contributed by atoms with Gasteiger partial charge >= 0.3 is 0 Å². The Hall–Kier alpha value is -2.83. The van der Waals surface area contributed by atoms with E-state index in [0.29, 0.717) is 29.3 Å². The van der Waals surface area contributed by atoms with Crippen LogP contribution in [0.5, 0.6) is 5.75 Å². The summed E-state index contributed by atoms with van der Waals surface area (Å²) in [4.78, 5) is 29.3. The van der Waals surface area contributed by atoms with E-state index in [1.807, 2.05) is 19.0 Å². The highest BCUT2D eigenvalue weighted by Crippen LogP contribution is 2.39. The molecule has 1 aliphatic rings. The number of halogens is 1. The van der Waals surface area contributed by atoms with Gasteiger partial charge in [0.05, 0.1) is 18.7 Å². The summed E-state index contributed by atoms with van der Waals surface area (Å²) in [5, 5.41) is 11.5. The van der Waals surface area contributed by atoms with E-state index in [0.717, 1.165) is 12.1 Å². The van der Waals surface area contributed by atoms with Gasteiger partial charge in [-0.1, -0.05) is 23.7 Å². The van der Waals surface area contributed by atoms with Gasteiger partial charge in [-0.25, -0.2) is 0 Å². The van der Waals surface area contributed by atoms with Crippen molar-refractivity contribution in [2.75, 3.05) is 34.3 Å². The highest BCUT2D eigenvalue weighted by molar-refractivity contribution is 6.46. The fourth-order valence-corrected chi connectivity index (χ4v) is 3.69. The van der Waals surface area contributed by atoms with Crippen molar-refractivity contribution in [1.82, 2.24) is 9.80 Å². The largest absolute Gasteiger partial charge is 0.507 e. The van der Waals surface area contributed by atoms with Gasteiger partial charge in [-0.3, -0.25) is 9.59 Å². The molecule has 1 saturated heterocycles. The molecule has 0 bridgehead atoms. The van der Waals surface area contributed by atoms with Crippen molar-refractivity contribution >= 4 is 29.1 Å². The van der Waals surface area contributed by atoms with Gasteiger partial charge in [0.25, 0.3) is 11.7 Å². The quantitative estimate of drug-likeness (QED) is 0.413. The Labute approximate surface area is 181 Å². The predicted octanol–water partition coefficient (Wildman–Crippen LogP) is 3.72. The van der Waals surface area contributed by atoms with Crippen molar-refractivity contribution in [1.29, 1.82) is 0 Å². The molecule has 0 saturated carbocycles. The first-order valence-electron chi connectivity index (χ1n) is 9.66. The zero-order chi connectivity index (χ0) is 21.8. The third kappa shape index (κ3) is 4.50. The lowest BCUT2D eigenvalue weighted by molar-refractivity contribution is -0.139. The summed E-state index contributed by atoms with van der Waals surface area (Å²) in [5.74, 6) is -0.868. The van der Waals surface area contributed by atoms with Gasteiger partial charge in [-0.05, 0) is 69.0 Å². The standard InChI is InChI=1S/C23H25ClN2O4/c1-25(2)13-4-14-26-20(15-5-9-17(24)10-6-15)19(22(28)23(26)29)21(27)16-7-11-18(30-3)12-8-16/h5-12,20,27H,4,13-14H2,1-3H3/b21-19-. The normalized spacial score (nSPS) is 18.3. The zero-order valence-corrected chi connectivity index (χ0v) is 18.0. The van der Waals surface area contributed by atoms with E-state index in [4.69, 9.17) is 16.3 Å². The van der Waals surface area contributed by atoms with Crippen LogP contribution in [0, 0.1) is 0 Å². The monoisotopic (exact) mass is 428 g/mol. The molecule has 3 rings (SSSR count). The first-order valence-corrected chi connectivity index (χ1v) is 10.0. The average molecular weight is 429 g/mol. The Kier molecular flexibility index (Phi) is 6.80. The summed E-state index contributed by atoms with van der Waals surface area (Å²) in [5.41, 5.74) is 1.25. The first-order chi connectivity index (χ1) is 14.3. The molecular formula is C23H25ClN2O4. The van der Waals surface area contributed by atoms with Crippen molar-refractivity contribution in [3.05, 3.63) is 70.3 Å². The Bertz CT molecular complexity index is 952. The lowest BCUT2D eigenvalue weighted by Crippen LogP contribution is -2.32. The molecule has 0 radical (unpaired) electrons. The van der Waals surface area contributed by atoms with E-state index >= 15 is 0 Å². The number of benzene rings is 2. The highest BCUT2D eigenvalue weighted by Gasteiger charge is 2.45. The number of likely N-dealkylation sites (tertiary alicyclic amines) is 1. The molecule has 1 heterocycles. The lowest BCUT2D eigenvalue weighted by atomic mass is 9.95. The summed E-state index contributed by atoms with van der Waals surface area (Å²) < 4.78 is 5.15. The van der Waals surface area contributed by atoms with Crippen LogP contribution in [0.15, 0.2) is 54.1 Å². The van der Waals surface area contributed by atoms with Gasteiger partial charge in [-0.15, -0.1) is 0 Å². The van der Waals surface area contributed by atoms with Crippen molar-refractivity contribution in [2.24, 2.45) is 0 Å². The molecule has 7 heteroatoms. The molecular weight excluding hydrogens is 404 g/mol. The Morgan fingerprint density at radius 1 is 1.10 bits per heavy atom. The van der Waals surface area contributed by atoms with Crippen LogP contribution < -0.4 is 4.74 Å². The van der Waals surface area contributed by atoms with Gasteiger partial charge in [0, 0.05) is 17.1 Å². The number of hydrogen-bond donors (Lipinski definition) is 1. The minimum Gasteiger partial charge on any atom is -0.507 e. The second-order valence-electron chi connectivity index (χ2n) is 7.43. The third-order valence-electron chi connectivity index (χ3n) is 5.09. The molecule has 0 spiro atoms. The maximum absolute atomic E-state index is 12.9. The molecule has 6 nitrogen and oxygen atoms in total. The summed E-state index contributed by atoms with van der Waals surface area (Å²) >= 11 is 6.03. The highest BCUT2D eigenvalue weighted by atomic mass is 35.5. The topological polar surface area (TPSA) is 70.1 Å². The molecule has 158 valence electrons. The van der Waals surface area contributed by atoms with E-state index in [-0.39, 0.29) is 11.3 Å². The fourth-order valence-electron chi connectivity index (χ4n) is 3.56. The first kappa shape index (κ1) is 21.9. The van der Waals surface area contributed by atoms with Crippen molar-refractivity contribution in [3.8, 4) is 5.75 Å². The Morgan fingerprint density at radius 2 is 1.73 bits per heavy atom. The number of rotatable bonds is 7. The number of carbonyl (C=O) groups is 2. The van der Waals surface area contributed by atoms with Crippen LogP contribution in [-0.4, -0.2) is 60.9 Å². The summed E-state index contributed by atoms with van der Waals surface area (Å²) in [7, 11) is 5.46. The van der Waals surface area contributed by atoms with Crippen LogP contribution in [0.1, 0.15) is 23.6 Å². The van der Waals surface area contributed by atoms with E-state index in [2.05, 4.69) is 0 Å². The van der Waals surface area contributed by atoms with E-state index in [9.17, 15) is 14.7 Å². The van der Waals surface area contributed by atoms with Gasteiger partial charge < -0.3 is 19.6 Å². The van der Waals surface area contributed by atoms with Crippen LogP contribution >= 0.6 is 11.6 Å². The van der Waals surface area contributed by atoms with Gasteiger partial charge in [0.1, 0.15) is 11.5 Å². The summed E-state index contributed by atoms with van der Waals surface area (Å²) in [6, 6.07) is 13.0. The number of Topliss-reactive ketones (excluding diaryl/α,β-unsaturated/α-hetero) is 1. The molecule has 1 amide bonds. The van der Waals surface area contributed by atoms with Gasteiger partial charge in [0.15, 0.2) is 0 Å². The molecule has 2 aromatic carbocycles. The van der Waals surface area contributed by atoms with Gasteiger partial charge in [-0.2, -0.15) is 0 Å². The maximum Gasteiger partial charge on any atom is 0.295 e. The number of aliphatic hydroxyl groups is 1. The molecule has 1 unspecified atom stereocenters. The maximum atomic E-state index is 12.9. The smallest absolute Gasteiger partial charge is 0.295 e. The zero-order valence-electron chi connectivity index (χ0n) is 17.3. The fraction of sp³-hybridized carbons (Fsp3) is 0.304. The van der Waals surface area contributed by atoms with Crippen molar-refractivity contribution in [3.63, 3.8) is 0 Å². The summed E-state index contributed by atoms with van der Waals surface area (Å²) in [6.07, 6.45) is 0.701. The van der Waals surface area contributed by atoms with Crippen LogP contribution in [-0.2, 0) is 9.59 Å². The van der Waals surface area contributed by atoms with Gasteiger partial charge in [0.2, 0.25) is 0 Å². The number of hydrogen-bond acceptors (Lipinski definition) is 5. The Morgan fingerprint density at radius 3 is 2.30 bits per heavy atom. The number of nitrogens with zero attached hydrogens (tertiary/aromatic N) is 2. The third-order valence-corrected chi connectivity index (χ3v) is 5.35. The van der Waals surface area contributed by atoms with Crippen molar-refractivity contribution < 1.29 is 19.4 Å². The number of ketones is 1.